The zero-order valence-corrected chi connectivity index (χ0v) is 7.50. The first-order chi connectivity index (χ1) is 6.62. The first-order valence-electron chi connectivity index (χ1n) is 4.52. The zero-order chi connectivity index (χ0) is 10.2. The molecule has 2 N–H and O–H groups in total. The maximum absolute atomic E-state index is 13.6. The van der Waals surface area contributed by atoms with E-state index < -0.39 is 12.0 Å². The Kier molecular flexibility index (Phi) is 2.15. The Balaban J connectivity index is 2.32. The fraction of sp³-hybridized carbons (Fsp3) is 0.400. The van der Waals surface area contributed by atoms with Gasteiger partial charge >= 0.3 is 0 Å². The van der Waals surface area contributed by atoms with Gasteiger partial charge in [-0.2, -0.15) is 8.78 Å². The Morgan fingerprint density at radius 3 is 2.50 bits per heavy atom. The Morgan fingerprint density at radius 2 is 2.00 bits per heavy atom. The predicted octanol–water partition coefficient (Wildman–Crippen LogP) is 1.85. The highest BCUT2D eigenvalue weighted by molar-refractivity contribution is 5.36. The summed E-state index contributed by atoms with van der Waals surface area (Å²) in [5.74, 6) is -3.32. The molecule has 1 atom stereocenters. The molecule has 1 aliphatic heterocycles. The molecule has 0 saturated carbocycles. The van der Waals surface area contributed by atoms with Crippen LogP contribution >= 0.6 is 0 Å². The molecule has 0 amide bonds. The van der Waals surface area contributed by atoms with Gasteiger partial charge in [0.2, 0.25) is 0 Å². The lowest BCUT2D eigenvalue weighted by molar-refractivity contribution is -0.0661. The average molecular weight is 199 g/mol. The summed E-state index contributed by atoms with van der Waals surface area (Å²) in [4.78, 5) is 0. The number of hydrogen-bond acceptors (Lipinski definition) is 2. The van der Waals surface area contributed by atoms with Crippen LogP contribution in [0.3, 0.4) is 0 Å². The lowest BCUT2D eigenvalue weighted by Crippen LogP contribution is -2.53. The molecule has 76 valence electrons. The van der Waals surface area contributed by atoms with Crippen LogP contribution < -0.4 is 5.32 Å². The van der Waals surface area contributed by atoms with Crippen LogP contribution in [0, 0.1) is 0 Å². The van der Waals surface area contributed by atoms with Crippen molar-refractivity contribution in [1.29, 1.82) is 0 Å². The van der Waals surface area contributed by atoms with E-state index >= 15 is 0 Å². The Morgan fingerprint density at radius 1 is 1.36 bits per heavy atom. The topological polar surface area (TPSA) is 32.3 Å². The minimum absolute atomic E-state index is 0.294. The van der Waals surface area contributed by atoms with Crippen LogP contribution in [0.5, 0.6) is 5.75 Å². The van der Waals surface area contributed by atoms with Gasteiger partial charge in [0.15, 0.2) is 0 Å². The second-order valence-corrected chi connectivity index (χ2v) is 3.44. The van der Waals surface area contributed by atoms with Gasteiger partial charge in [-0.05, 0) is 25.1 Å². The van der Waals surface area contributed by atoms with Crippen molar-refractivity contribution in [2.45, 2.75) is 18.4 Å². The highest BCUT2D eigenvalue weighted by Gasteiger charge is 2.45. The Labute approximate surface area is 80.6 Å². The first kappa shape index (κ1) is 9.40. The van der Waals surface area contributed by atoms with E-state index in [1.54, 1.807) is 0 Å². The summed E-state index contributed by atoms with van der Waals surface area (Å²) in [6.45, 7) is 0.619. The van der Waals surface area contributed by atoms with Crippen molar-refractivity contribution in [3.05, 3.63) is 29.8 Å². The van der Waals surface area contributed by atoms with Gasteiger partial charge in [-0.25, -0.2) is 0 Å². The molecule has 1 aliphatic rings. The van der Waals surface area contributed by atoms with Gasteiger partial charge in [-0.1, -0.05) is 12.1 Å². The fourth-order valence-corrected chi connectivity index (χ4v) is 1.54. The molecule has 1 aromatic carbocycles. The number of benzene rings is 1. The van der Waals surface area contributed by atoms with Gasteiger partial charge in [0, 0.05) is 0 Å². The molecule has 0 aliphatic carbocycles. The molecule has 14 heavy (non-hydrogen) atoms. The van der Waals surface area contributed by atoms with Crippen molar-refractivity contribution in [1.82, 2.24) is 5.32 Å². The molecule has 0 radical (unpaired) electrons. The standard InChI is InChI=1S/C10H11F2NO/c11-10(12,9-5-6-13-9)7-3-1-2-4-8(7)14/h1-4,9,13-14H,5-6H2. The molecule has 1 saturated heterocycles. The molecular formula is C10H11F2NO. The van der Waals surface area contributed by atoms with Crippen molar-refractivity contribution in [2.75, 3.05) is 6.54 Å². The third-order valence-corrected chi connectivity index (χ3v) is 2.52. The van der Waals surface area contributed by atoms with Crippen LogP contribution in [0.2, 0.25) is 0 Å². The molecule has 1 unspecified atom stereocenters. The lowest BCUT2D eigenvalue weighted by Gasteiger charge is -2.35. The molecule has 0 spiro atoms. The quantitative estimate of drug-likeness (QED) is 0.761. The number of aromatic hydroxyl groups is 1. The van der Waals surface area contributed by atoms with Crippen LogP contribution in [0.4, 0.5) is 8.78 Å². The number of para-hydroxylation sites is 1. The summed E-state index contributed by atoms with van der Waals surface area (Å²) in [5, 5.41) is 12.0. The molecule has 1 heterocycles. The number of hydrogen-bond donors (Lipinski definition) is 2. The SMILES string of the molecule is Oc1ccccc1C(F)(F)C1CCN1. The fourth-order valence-electron chi connectivity index (χ4n) is 1.54. The first-order valence-corrected chi connectivity index (χ1v) is 4.52. The van der Waals surface area contributed by atoms with Crippen molar-refractivity contribution >= 4 is 0 Å². The molecule has 1 aromatic rings. The zero-order valence-electron chi connectivity index (χ0n) is 7.50. The third-order valence-electron chi connectivity index (χ3n) is 2.52. The van der Waals surface area contributed by atoms with E-state index in [9.17, 15) is 13.9 Å². The lowest BCUT2D eigenvalue weighted by atomic mass is 9.93. The average Bonchev–Trinajstić information content (AvgIpc) is 2.00. The smallest absolute Gasteiger partial charge is 0.291 e. The summed E-state index contributed by atoms with van der Waals surface area (Å²) in [6, 6.07) is 4.73. The number of rotatable bonds is 2. The minimum Gasteiger partial charge on any atom is -0.507 e. The van der Waals surface area contributed by atoms with Gasteiger partial charge in [-0.3, -0.25) is 0 Å². The monoisotopic (exact) mass is 199 g/mol. The number of phenols is 1. The molecule has 1 fully saturated rings. The summed E-state index contributed by atoms with van der Waals surface area (Å²) >= 11 is 0. The van der Waals surface area contributed by atoms with Gasteiger partial charge < -0.3 is 10.4 Å². The van der Waals surface area contributed by atoms with E-state index in [1.165, 1.54) is 24.3 Å². The van der Waals surface area contributed by atoms with Gasteiger partial charge in [0.05, 0.1) is 11.6 Å². The Hall–Kier alpha value is -1.16. The second kappa shape index (κ2) is 3.20. The van der Waals surface area contributed by atoms with E-state index in [0.717, 1.165) is 0 Å². The van der Waals surface area contributed by atoms with Gasteiger partial charge in [0.25, 0.3) is 5.92 Å². The largest absolute Gasteiger partial charge is 0.507 e. The van der Waals surface area contributed by atoms with E-state index in [4.69, 9.17) is 0 Å². The maximum Gasteiger partial charge on any atom is 0.291 e. The summed E-state index contributed by atoms with van der Waals surface area (Å²) in [5.41, 5.74) is -0.294. The summed E-state index contributed by atoms with van der Waals surface area (Å²) in [7, 11) is 0. The van der Waals surface area contributed by atoms with Crippen molar-refractivity contribution < 1.29 is 13.9 Å². The van der Waals surface area contributed by atoms with E-state index in [2.05, 4.69) is 5.32 Å². The highest BCUT2D eigenvalue weighted by Crippen LogP contribution is 2.39. The molecule has 0 aromatic heterocycles. The van der Waals surface area contributed by atoms with E-state index in [1.807, 2.05) is 0 Å². The van der Waals surface area contributed by atoms with Crippen molar-refractivity contribution in [2.24, 2.45) is 0 Å². The Bertz CT molecular complexity index is 337. The number of halogens is 2. The maximum atomic E-state index is 13.6. The molecule has 4 heteroatoms. The predicted molar refractivity (Wildman–Crippen MR) is 48.4 cm³/mol. The molecule has 2 nitrogen and oxygen atoms in total. The normalized spacial score (nSPS) is 21.7. The van der Waals surface area contributed by atoms with Gasteiger partial charge in [0.1, 0.15) is 5.75 Å². The summed E-state index contributed by atoms with van der Waals surface area (Å²) < 4.78 is 27.3. The van der Waals surface area contributed by atoms with Crippen molar-refractivity contribution in [3.8, 4) is 5.75 Å². The summed E-state index contributed by atoms with van der Waals surface area (Å²) in [6.07, 6.45) is 0.446. The van der Waals surface area contributed by atoms with Crippen LogP contribution in [-0.4, -0.2) is 17.7 Å². The van der Waals surface area contributed by atoms with E-state index in [0.29, 0.717) is 13.0 Å². The second-order valence-electron chi connectivity index (χ2n) is 3.44. The molecule has 2 rings (SSSR count). The van der Waals surface area contributed by atoms with Crippen LogP contribution in [0.1, 0.15) is 12.0 Å². The van der Waals surface area contributed by atoms with Gasteiger partial charge in [-0.15, -0.1) is 0 Å². The highest BCUT2D eigenvalue weighted by atomic mass is 19.3. The van der Waals surface area contributed by atoms with Crippen molar-refractivity contribution in [3.63, 3.8) is 0 Å². The van der Waals surface area contributed by atoms with Crippen LogP contribution in [0.15, 0.2) is 24.3 Å². The number of alkyl halides is 2. The minimum atomic E-state index is -2.98. The number of phenolic OH excluding ortho intramolecular Hbond substituents is 1. The number of nitrogens with one attached hydrogen (secondary N) is 1. The molecule has 0 bridgehead atoms. The van der Waals surface area contributed by atoms with E-state index in [-0.39, 0.29) is 11.3 Å². The molecular weight excluding hydrogens is 188 g/mol. The van der Waals surface area contributed by atoms with Crippen LogP contribution in [-0.2, 0) is 5.92 Å². The third kappa shape index (κ3) is 1.35. The van der Waals surface area contributed by atoms with Crippen LogP contribution in [0.25, 0.3) is 0 Å².